The van der Waals surface area contributed by atoms with Crippen LogP contribution in [0.3, 0.4) is 0 Å². The molecular weight excluding hydrogens is 270 g/mol. The molecule has 1 fully saturated rings. The summed E-state index contributed by atoms with van der Waals surface area (Å²) in [4.78, 5) is 11.7. The summed E-state index contributed by atoms with van der Waals surface area (Å²) in [6.07, 6.45) is 2.75. The van der Waals surface area contributed by atoms with Gasteiger partial charge in [-0.15, -0.1) is 0 Å². The van der Waals surface area contributed by atoms with E-state index in [0.29, 0.717) is 0 Å². The normalized spacial score (nSPS) is 17.4. The lowest BCUT2D eigenvalue weighted by atomic mass is 9.76. The van der Waals surface area contributed by atoms with Crippen LogP contribution in [0.15, 0.2) is 28.7 Å². The Morgan fingerprint density at radius 2 is 2.00 bits per heavy atom. The Morgan fingerprint density at radius 3 is 2.44 bits per heavy atom. The van der Waals surface area contributed by atoms with Crippen LogP contribution in [0.25, 0.3) is 0 Å². The maximum atomic E-state index is 11.7. The molecule has 1 aromatic carbocycles. The van der Waals surface area contributed by atoms with Crippen molar-refractivity contribution in [2.75, 3.05) is 12.4 Å². The number of rotatable bonds is 3. The maximum Gasteiger partial charge on any atom is 0.331 e. The van der Waals surface area contributed by atoms with E-state index in [0.717, 1.165) is 29.4 Å². The molecule has 1 aliphatic rings. The number of hydrogen-bond acceptors (Lipinski definition) is 3. The van der Waals surface area contributed by atoms with Gasteiger partial charge in [0.2, 0.25) is 0 Å². The van der Waals surface area contributed by atoms with Crippen molar-refractivity contribution in [3.8, 4) is 0 Å². The smallest absolute Gasteiger partial charge is 0.331 e. The number of anilines is 1. The molecular formula is C12H14BrNO2. The van der Waals surface area contributed by atoms with Crippen LogP contribution in [0.5, 0.6) is 0 Å². The third-order valence-corrected chi connectivity index (χ3v) is 3.54. The van der Waals surface area contributed by atoms with Gasteiger partial charge in [0.1, 0.15) is 5.54 Å². The Bertz CT molecular complexity index is 385. The highest BCUT2D eigenvalue weighted by Crippen LogP contribution is 2.36. The first kappa shape index (κ1) is 11.5. The van der Waals surface area contributed by atoms with E-state index in [2.05, 4.69) is 21.2 Å². The molecule has 16 heavy (non-hydrogen) atoms. The van der Waals surface area contributed by atoms with Crippen molar-refractivity contribution < 1.29 is 9.53 Å². The molecule has 86 valence electrons. The largest absolute Gasteiger partial charge is 0.467 e. The van der Waals surface area contributed by atoms with E-state index < -0.39 is 5.54 Å². The number of ether oxygens (including phenoxy) is 1. The van der Waals surface area contributed by atoms with Crippen LogP contribution < -0.4 is 5.32 Å². The predicted molar refractivity (Wildman–Crippen MR) is 66.4 cm³/mol. The molecule has 0 aromatic heterocycles. The van der Waals surface area contributed by atoms with Gasteiger partial charge in [0, 0.05) is 10.2 Å². The summed E-state index contributed by atoms with van der Waals surface area (Å²) in [5.41, 5.74) is 0.455. The Kier molecular flexibility index (Phi) is 3.19. The summed E-state index contributed by atoms with van der Waals surface area (Å²) < 4.78 is 5.87. The Hall–Kier alpha value is -1.03. The van der Waals surface area contributed by atoms with Crippen molar-refractivity contribution in [3.63, 3.8) is 0 Å². The van der Waals surface area contributed by atoms with E-state index in [4.69, 9.17) is 4.74 Å². The van der Waals surface area contributed by atoms with Gasteiger partial charge in [-0.05, 0) is 43.5 Å². The molecule has 4 heteroatoms. The average molecular weight is 284 g/mol. The zero-order valence-corrected chi connectivity index (χ0v) is 10.7. The van der Waals surface area contributed by atoms with Crippen LogP contribution in [0.4, 0.5) is 5.69 Å². The summed E-state index contributed by atoms with van der Waals surface area (Å²) in [7, 11) is 1.44. The fourth-order valence-corrected chi connectivity index (χ4v) is 2.18. The van der Waals surface area contributed by atoms with Gasteiger partial charge in [-0.1, -0.05) is 15.9 Å². The Balaban J connectivity index is 2.13. The maximum absolute atomic E-state index is 11.7. The van der Waals surface area contributed by atoms with Crippen molar-refractivity contribution >= 4 is 27.6 Å². The first-order valence-electron chi connectivity index (χ1n) is 5.28. The van der Waals surface area contributed by atoms with Crippen molar-refractivity contribution in [2.45, 2.75) is 24.8 Å². The summed E-state index contributed by atoms with van der Waals surface area (Å²) in [6, 6.07) is 7.80. The van der Waals surface area contributed by atoms with Gasteiger partial charge < -0.3 is 10.1 Å². The second-order valence-corrected chi connectivity index (χ2v) is 4.97. The lowest BCUT2D eigenvalue weighted by molar-refractivity contribution is -0.149. The predicted octanol–water partition coefficient (Wildman–Crippen LogP) is 2.96. The molecule has 1 aliphatic carbocycles. The molecule has 3 nitrogen and oxygen atoms in total. The number of benzene rings is 1. The van der Waals surface area contributed by atoms with Gasteiger partial charge in [0.15, 0.2) is 0 Å². The molecule has 0 radical (unpaired) electrons. The second kappa shape index (κ2) is 4.45. The van der Waals surface area contributed by atoms with E-state index >= 15 is 0 Å². The third-order valence-electron chi connectivity index (χ3n) is 3.01. The summed E-state index contributed by atoms with van der Waals surface area (Å²) in [5.74, 6) is -0.165. The minimum absolute atomic E-state index is 0.165. The van der Waals surface area contributed by atoms with Crippen LogP contribution in [0.1, 0.15) is 19.3 Å². The minimum Gasteiger partial charge on any atom is -0.467 e. The molecule has 0 unspecified atom stereocenters. The number of carbonyl (C=O) groups excluding carboxylic acids is 1. The lowest BCUT2D eigenvalue weighted by Gasteiger charge is -2.40. The number of halogens is 1. The molecule has 2 rings (SSSR count). The van der Waals surface area contributed by atoms with E-state index in [9.17, 15) is 4.79 Å². The monoisotopic (exact) mass is 283 g/mol. The molecule has 1 aromatic rings. The van der Waals surface area contributed by atoms with Gasteiger partial charge in [0.25, 0.3) is 0 Å². The molecule has 1 saturated carbocycles. The molecule has 0 aliphatic heterocycles. The number of esters is 1. The Morgan fingerprint density at radius 1 is 1.38 bits per heavy atom. The first-order chi connectivity index (χ1) is 7.66. The van der Waals surface area contributed by atoms with Crippen molar-refractivity contribution in [1.82, 2.24) is 0 Å². The fraction of sp³-hybridized carbons (Fsp3) is 0.417. The first-order valence-corrected chi connectivity index (χ1v) is 6.08. The Labute approximate surface area is 103 Å². The number of methoxy groups -OCH3 is 1. The highest BCUT2D eigenvalue weighted by Gasteiger charge is 2.45. The fourth-order valence-electron chi connectivity index (χ4n) is 1.92. The minimum atomic E-state index is -0.497. The average Bonchev–Trinajstić information content (AvgIpc) is 2.25. The van der Waals surface area contributed by atoms with E-state index in [1.54, 1.807) is 0 Å². The standard InChI is InChI=1S/C12H14BrNO2/c1-16-11(15)12(7-2-8-12)14-10-5-3-9(13)4-6-10/h3-6,14H,2,7-8H2,1H3. The van der Waals surface area contributed by atoms with Crippen molar-refractivity contribution in [3.05, 3.63) is 28.7 Å². The number of hydrogen-bond donors (Lipinski definition) is 1. The molecule has 0 amide bonds. The second-order valence-electron chi connectivity index (χ2n) is 4.06. The molecule has 0 atom stereocenters. The number of nitrogens with one attached hydrogen (secondary N) is 1. The van der Waals surface area contributed by atoms with Crippen LogP contribution in [0, 0.1) is 0 Å². The highest BCUT2D eigenvalue weighted by atomic mass is 79.9. The van der Waals surface area contributed by atoms with E-state index in [1.807, 2.05) is 24.3 Å². The molecule has 0 heterocycles. The van der Waals surface area contributed by atoms with Gasteiger partial charge in [-0.25, -0.2) is 4.79 Å². The van der Waals surface area contributed by atoms with Crippen molar-refractivity contribution in [1.29, 1.82) is 0 Å². The van der Waals surface area contributed by atoms with Gasteiger partial charge in [-0.2, -0.15) is 0 Å². The SMILES string of the molecule is COC(=O)C1(Nc2ccc(Br)cc2)CCC1. The van der Waals surface area contributed by atoms with Gasteiger partial charge >= 0.3 is 5.97 Å². The van der Waals surface area contributed by atoms with Gasteiger partial charge in [0.05, 0.1) is 7.11 Å². The lowest BCUT2D eigenvalue weighted by Crippen LogP contribution is -2.52. The van der Waals surface area contributed by atoms with Crippen LogP contribution in [-0.4, -0.2) is 18.6 Å². The topological polar surface area (TPSA) is 38.3 Å². The van der Waals surface area contributed by atoms with Crippen LogP contribution in [0.2, 0.25) is 0 Å². The van der Waals surface area contributed by atoms with Gasteiger partial charge in [-0.3, -0.25) is 0 Å². The van der Waals surface area contributed by atoms with E-state index in [1.165, 1.54) is 7.11 Å². The third kappa shape index (κ3) is 2.07. The molecule has 0 bridgehead atoms. The molecule has 1 N–H and O–H groups in total. The summed E-state index contributed by atoms with van der Waals surface area (Å²) in [6.45, 7) is 0. The molecule has 0 saturated heterocycles. The quantitative estimate of drug-likeness (QED) is 0.867. The zero-order valence-electron chi connectivity index (χ0n) is 9.13. The van der Waals surface area contributed by atoms with Crippen molar-refractivity contribution in [2.24, 2.45) is 0 Å². The van der Waals surface area contributed by atoms with Crippen LogP contribution in [-0.2, 0) is 9.53 Å². The summed E-state index contributed by atoms with van der Waals surface area (Å²) >= 11 is 3.38. The van der Waals surface area contributed by atoms with E-state index in [-0.39, 0.29) is 5.97 Å². The highest BCUT2D eigenvalue weighted by molar-refractivity contribution is 9.10. The van der Waals surface area contributed by atoms with Crippen LogP contribution >= 0.6 is 15.9 Å². The molecule has 0 spiro atoms. The summed E-state index contributed by atoms with van der Waals surface area (Å²) in [5, 5.41) is 3.27. The number of carbonyl (C=O) groups is 1. The zero-order chi connectivity index (χ0) is 11.6.